The largest absolute Gasteiger partial charge is 0.497 e. The third-order valence-corrected chi connectivity index (χ3v) is 6.54. The fraction of sp³-hybridized carbons (Fsp3) is 0.391. The number of hydrogen-bond donors (Lipinski definition) is 1. The van der Waals surface area contributed by atoms with E-state index in [1.165, 1.54) is 31.0 Å². The first-order valence-electron chi connectivity index (χ1n) is 10.6. The Morgan fingerprint density at radius 1 is 1.10 bits per heavy atom. The average Bonchev–Trinajstić information content (AvgIpc) is 3.31. The molecular weight excluding hydrogens is 410 g/mol. The fourth-order valence-electron chi connectivity index (χ4n) is 3.97. The van der Waals surface area contributed by atoms with Crippen LogP contribution in [-0.2, 0) is 4.79 Å². The van der Waals surface area contributed by atoms with Crippen LogP contribution in [0.25, 0.3) is 0 Å². The van der Waals surface area contributed by atoms with Crippen molar-refractivity contribution in [1.82, 2.24) is 25.5 Å². The topological polar surface area (TPSA) is 81.9 Å². The molecule has 162 valence electrons. The lowest BCUT2D eigenvalue weighted by Gasteiger charge is -2.22. The molecule has 3 aromatic rings. The van der Waals surface area contributed by atoms with Crippen LogP contribution in [0.3, 0.4) is 0 Å². The maximum atomic E-state index is 12.9. The lowest BCUT2D eigenvalue weighted by atomic mass is 9.96. The number of rotatable bonds is 8. The second-order valence-corrected chi connectivity index (χ2v) is 8.61. The van der Waals surface area contributed by atoms with E-state index in [2.05, 4.69) is 20.8 Å². The van der Waals surface area contributed by atoms with Gasteiger partial charge < -0.3 is 10.1 Å². The van der Waals surface area contributed by atoms with Gasteiger partial charge >= 0.3 is 0 Å². The van der Waals surface area contributed by atoms with Gasteiger partial charge in [0.15, 0.2) is 0 Å². The lowest BCUT2D eigenvalue weighted by Crippen LogP contribution is -2.30. The van der Waals surface area contributed by atoms with Crippen LogP contribution in [0, 0.1) is 0 Å². The maximum Gasteiger partial charge on any atom is 0.231 e. The summed E-state index contributed by atoms with van der Waals surface area (Å²) >= 11 is 1.39. The van der Waals surface area contributed by atoms with E-state index in [1.807, 2.05) is 59.3 Å². The third-order valence-electron chi connectivity index (χ3n) is 5.60. The molecule has 8 heteroatoms. The van der Waals surface area contributed by atoms with E-state index in [-0.39, 0.29) is 17.7 Å². The first-order chi connectivity index (χ1) is 15.2. The Morgan fingerprint density at radius 2 is 1.81 bits per heavy atom. The second kappa shape index (κ2) is 10.4. The van der Waals surface area contributed by atoms with E-state index in [1.54, 1.807) is 7.11 Å². The number of nitrogens with one attached hydrogen (secondary N) is 1. The molecule has 0 radical (unpaired) electrons. The lowest BCUT2D eigenvalue weighted by molar-refractivity contribution is -0.119. The van der Waals surface area contributed by atoms with Gasteiger partial charge in [-0.2, -0.15) is 0 Å². The van der Waals surface area contributed by atoms with Gasteiger partial charge in [0.05, 0.1) is 24.9 Å². The predicted molar refractivity (Wildman–Crippen MR) is 120 cm³/mol. The smallest absolute Gasteiger partial charge is 0.231 e. The summed E-state index contributed by atoms with van der Waals surface area (Å²) in [4.78, 5) is 12.9. The van der Waals surface area contributed by atoms with Gasteiger partial charge in [0.1, 0.15) is 5.75 Å². The average molecular weight is 438 g/mol. The molecule has 4 rings (SSSR count). The quantitative estimate of drug-likeness (QED) is 0.532. The Bertz CT molecular complexity index is 971. The summed E-state index contributed by atoms with van der Waals surface area (Å²) in [6.07, 6.45) is 5.87. The van der Waals surface area contributed by atoms with Gasteiger partial charge in [-0.25, -0.2) is 4.68 Å². The summed E-state index contributed by atoms with van der Waals surface area (Å²) in [5.41, 5.74) is 2.02. The van der Waals surface area contributed by atoms with Crippen molar-refractivity contribution >= 4 is 17.7 Å². The number of methoxy groups -OCH3 is 1. The number of nitrogens with zero attached hydrogens (tertiary/aromatic N) is 4. The van der Waals surface area contributed by atoms with Gasteiger partial charge in [-0.3, -0.25) is 4.79 Å². The Labute approximate surface area is 186 Å². The van der Waals surface area contributed by atoms with Crippen LogP contribution < -0.4 is 10.1 Å². The summed E-state index contributed by atoms with van der Waals surface area (Å²) in [5, 5.41) is 16.1. The van der Waals surface area contributed by atoms with Crippen molar-refractivity contribution in [2.24, 2.45) is 0 Å². The maximum absolute atomic E-state index is 12.9. The van der Waals surface area contributed by atoms with Crippen LogP contribution in [0.4, 0.5) is 0 Å². The molecule has 2 aromatic carbocycles. The number of hydrogen-bond acceptors (Lipinski definition) is 6. The van der Waals surface area contributed by atoms with Gasteiger partial charge in [-0.1, -0.05) is 73.5 Å². The molecule has 0 saturated heterocycles. The number of carbonyl (C=O) groups is 1. The number of carbonyl (C=O) groups excluding carboxylic acids is 1. The highest BCUT2D eigenvalue weighted by Crippen LogP contribution is 2.30. The molecule has 31 heavy (non-hydrogen) atoms. The molecular formula is C23H27N5O2S. The van der Waals surface area contributed by atoms with Gasteiger partial charge in [0, 0.05) is 0 Å². The minimum atomic E-state index is -0.241. The van der Waals surface area contributed by atoms with Gasteiger partial charge in [-0.15, -0.1) is 5.10 Å². The van der Waals surface area contributed by atoms with Crippen molar-refractivity contribution < 1.29 is 9.53 Å². The fourth-order valence-corrected chi connectivity index (χ4v) is 4.72. The predicted octanol–water partition coefficient (Wildman–Crippen LogP) is 4.18. The van der Waals surface area contributed by atoms with E-state index in [0.717, 1.165) is 29.7 Å². The van der Waals surface area contributed by atoms with E-state index >= 15 is 0 Å². The van der Waals surface area contributed by atoms with Gasteiger partial charge in [0.25, 0.3) is 0 Å². The monoisotopic (exact) mass is 437 g/mol. The SMILES string of the molecule is COc1ccc([C@H](NC(=O)CSc2nnnn2C2CCCCC2)c2ccccc2)cc1. The molecule has 1 fully saturated rings. The van der Waals surface area contributed by atoms with Gasteiger partial charge in [-0.05, 0) is 46.5 Å². The van der Waals surface area contributed by atoms with Crippen molar-refractivity contribution in [3.05, 3.63) is 65.7 Å². The van der Waals surface area contributed by atoms with Crippen LogP contribution in [-0.4, -0.2) is 39.0 Å². The summed E-state index contributed by atoms with van der Waals surface area (Å²) in [5.74, 6) is 0.979. The van der Waals surface area contributed by atoms with Crippen molar-refractivity contribution in [3.63, 3.8) is 0 Å². The van der Waals surface area contributed by atoms with E-state index in [0.29, 0.717) is 11.2 Å². The van der Waals surface area contributed by atoms with E-state index in [4.69, 9.17) is 4.74 Å². The highest BCUT2D eigenvalue weighted by Gasteiger charge is 2.22. The number of amides is 1. The van der Waals surface area contributed by atoms with E-state index < -0.39 is 0 Å². The first kappa shape index (κ1) is 21.4. The van der Waals surface area contributed by atoms with Crippen molar-refractivity contribution in [1.29, 1.82) is 0 Å². The molecule has 1 aliphatic carbocycles. The molecule has 1 aliphatic rings. The Kier molecular flexibility index (Phi) is 7.19. The van der Waals surface area contributed by atoms with Crippen molar-refractivity contribution in [2.75, 3.05) is 12.9 Å². The zero-order chi connectivity index (χ0) is 21.5. The summed E-state index contributed by atoms with van der Waals surface area (Å²) in [7, 11) is 1.64. The normalized spacial score (nSPS) is 15.4. The summed E-state index contributed by atoms with van der Waals surface area (Å²) in [6, 6.07) is 17.8. The standard InChI is InChI=1S/C23H27N5O2S/c1-30-20-14-12-18(13-15-20)22(17-8-4-2-5-9-17)24-21(29)16-31-23-25-26-27-28(23)19-10-6-3-7-11-19/h2,4-5,8-9,12-15,19,22H,3,6-7,10-11,16H2,1H3,(H,24,29)/t22-/m1/s1. The minimum absolute atomic E-state index is 0.0622. The third kappa shape index (κ3) is 5.44. The van der Waals surface area contributed by atoms with Crippen molar-refractivity contribution in [2.45, 2.75) is 49.3 Å². The Morgan fingerprint density at radius 3 is 2.52 bits per heavy atom. The van der Waals surface area contributed by atoms with Crippen LogP contribution in [0.2, 0.25) is 0 Å². The molecule has 1 amide bonds. The number of aromatic nitrogens is 4. The van der Waals surface area contributed by atoms with E-state index in [9.17, 15) is 4.79 Å². The number of benzene rings is 2. The van der Waals surface area contributed by atoms with Gasteiger partial charge in [0.2, 0.25) is 11.1 Å². The molecule has 0 bridgehead atoms. The number of thioether (sulfide) groups is 1. The van der Waals surface area contributed by atoms with Crippen LogP contribution in [0.5, 0.6) is 5.75 Å². The van der Waals surface area contributed by atoms with Crippen molar-refractivity contribution in [3.8, 4) is 5.75 Å². The highest BCUT2D eigenvalue weighted by atomic mass is 32.2. The summed E-state index contributed by atoms with van der Waals surface area (Å²) < 4.78 is 7.16. The minimum Gasteiger partial charge on any atom is -0.497 e. The van der Waals surface area contributed by atoms with Crippen LogP contribution in [0.15, 0.2) is 59.8 Å². The molecule has 1 atom stereocenters. The molecule has 0 aliphatic heterocycles. The number of tetrazole rings is 1. The zero-order valence-electron chi connectivity index (χ0n) is 17.6. The molecule has 1 heterocycles. The molecule has 0 unspecified atom stereocenters. The molecule has 0 spiro atoms. The molecule has 7 nitrogen and oxygen atoms in total. The Balaban J connectivity index is 1.44. The number of ether oxygens (including phenoxy) is 1. The zero-order valence-corrected chi connectivity index (χ0v) is 18.4. The van der Waals surface area contributed by atoms with Crippen LogP contribution >= 0.6 is 11.8 Å². The Hall–Kier alpha value is -2.87. The van der Waals surface area contributed by atoms with Crippen LogP contribution in [0.1, 0.15) is 55.3 Å². The molecule has 1 saturated carbocycles. The molecule has 1 aromatic heterocycles. The highest BCUT2D eigenvalue weighted by molar-refractivity contribution is 7.99. The second-order valence-electron chi connectivity index (χ2n) is 7.67. The summed E-state index contributed by atoms with van der Waals surface area (Å²) in [6.45, 7) is 0. The first-order valence-corrected chi connectivity index (χ1v) is 11.6. The molecule has 1 N–H and O–H groups in total.